The molecule has 3 heterocycles. The fraction of sp³-hybridized carbons (Fsp3) is 0.136. The van der Waals surface area contributed by atoms with E-state index in [1.54, 1.807) is 40.6 Å². The maximum Gasteiger partial charge on any atom is 0.275 e. The number of fused-ring (bicyclic) bond motifs is 1. The maximum absolute atomic E-state index is 14.0. The van der Waals surface area contributed by atoms with Crippen molar-refractivity contribution in [2.24, 2.45) is 0 Å². The molecule has 0 aliphatic carbocycles. The Hall–Kier alpha value is -6.55. The fourth-order valence-electron chi connectivity index (χ4n) is 6.07. The number of hydrogen-bond donors (Lipinski definition) is 2. The molecule has 59 heavy (non-hydrogen) atoms. The number of anilines is 6. The van der Waals surface area contributed by atoms with Crippen LogP contribution in [-0.2, 0) is 0 Å². The van der Waals surface area contributed by atoms with Crippen molar-refractivity contribution in [3.63, 3.8) is 0 Å². The molecular weight excluding hydrogens is 809 g/mol. The van der Waals surface area contributed by atoms with Gasteiger partial charge in [0.2, 0.25) is 0 Å². The second kappa shape index (κ2) is 18.8. The zero-order valence-corrected chi connectivity index (χ0v) is 35.0. The van der Waals surface area contributed by atoms with Gasteiger partial charge in [0.15, 0.2) is 11.5 Å². The maximum atomic E-state index is 14.0. The number of rotatable bonds is 16. The van der Waals surface area contributed by atoms with Crippen LogP contribution < -0.4 is 48.3 Å². The van der Waals surface area contributed by atoms with Gasteiger partial charge < -0.3 is 43.5 Å². The number of carbonyl (C=O) groups is 2. The van der Waals surface area contributed by atoms with E-state index < -0.39 is 11.8 Å². The molecule has 2 aromatic heterocycles. The molecule has 0 saturated carbocycles. The highest BCUT2D eigenvalue weighted by Gasteiger charge is 2.32. The van der Waals surface area contributed by atoms with E-state index in [0.717, 1.165) is 62.5 Å². The van der Waals surface area contributed by atoms with E-state index in [-0.39, 0.29) is 34.5 Å². The molecule has 0 radical (unpaired) electrons. The molecule has 1 aliphatic heterocycles. The smallest absolute Gasteiger partial charge is 0.275 e. The van der Waals surface area contributed by atoms with Gasteiger partial charge in [-0.25, -0.2) is 0 Å². The largest absolute Gasteiger partial charge is 0.497 e. The minimum Gasteiger partial charge on any atom is -0.497 e. The molecule has 0 bridgehead atoms. The molecule has 0 fully saturated rings. The lowest BCUT2D eigenvalue weighted by Crippen LogP contribution is -2.22. The summed E-state index contributed by atoms with van der Waals surface area (Å²) in [7, 11) is 6.47. The Morgan fingerprint density at radius 1 is 0.627 bits per heavy atom. The monoisotopic (exact) mass is 848 g/mol. The van der Waals surface area contributed by atoms with E-state index in [4.69, 9.17) is 28.4 Å². The highest BCUT2D eigenvalue weighted by Crippen LogP contribution is 2.46. The molecule has 7 rings (SSSR count). The number of methoxy groups -OCH3 is 4. The summed E-state index contributed by atoms with van der Waals surface area (Å²) in [4.78, 5) is 32.4. The molecule has 2 amide bonds. The van der Waals surface area contributed by atoms with E-state index in [1.807, 2.05) is 114 Å². The van der Waals surface area contributed by atoms with Crippen molar-refractivity contribution < 1.29 is 38.0 Å². The number of ether oxygens (including phenoxy) is 6. The molecular formula is C44H40N4O8S3. The van der Waals surface area contributed by atoms with Crippen LogP contribution in [0.1, 0.15) is 19.3 Å². The van der Waals surface area contributed by atoms with Crippen molar-refractivity contribution in [1.82, 2.24) is 4.72 Å². The number of hydrogen-bond acceptors (Lipinski definition) is 13. The minimum atomic E-state index is -0.465. The quantitative estimate of drug-likeness (QED) is 0.0715. The van der Waals surface area contributed by atoms with Crippen LogP contribution in [0.25, 0.3) is 0 Å². The normalized spacial score (nSPS) is 11.9. The Kier molecular flexibility index (Phi) is 13.0. The van der Waals surface area contributed by atoms with Crippen LogP contribution in [0.4, 0.5) is 32.8 Å². The number of carbonyl (C=O) groups excluding carboxylic acids is 2. The van der Waals surface area contributed by atoms with Crippen LogP contribution in [0.2, 0.25) is 0 Å². The standard InChI is InChI=1S/C44H40N4O8S3/c1-6-7-38(48(30-12-20-34(53-4)21-13-30)31-14-22-35(54-5)23-15-31)59-46-44(50)42-40-39(55-26-27-56-40)41(58-42)43(49)45-36-24-25-37(57-36)47(28-8-16-32(51-2)17-9-28)29-10-18-33(52-3)19-11-29/h6-25H,1,26-27H2,2-5H3,(H,45,49)(H,46,50)/b38-7-. The van der Waals surface area contributed by atoms with E-state index in [2.05, 4.69) is 21.5 Å². The molecule has 4 aromatic carbocycles. The van der Waals surface area contributed by atoms with Crippen molar-refractivity contribution in [3.05, 3.63) is 143 Å². The van der Waals surface area contributed by atoms with Gasteiger partial charge in [-0.15, -0.1) is 22.7 Å². The molecule has 15 heteroatoms. The molecule has 1 aliphatic rings. The summed E-state index contributed by atoms with van der Waals surface area (Å²) in [5, 5.41) is 5.09. The van der Waals surface area contributed by atoms with Gasteiger partial charge in [-0.2, -0.15) is 0 Å². The summed E-state index contributed by atoms with van der Waals surface area (Å²) in [6.45, 7) is 4.37. The number of nitrogens with zero attached hydrogens (tertiary/aromatic N) is 2. The zero-order valence-electron chi connectivity index (χ0n) is 32.6. The van der Waals surface area contributed by atoms with E-state index in [1.165, 1.54) is 11.3 Å². The predicted molar refractivity (Wildman–Crippen MR) is 237 cm³/mol. The lowest BCUT2D eigenvalue weighted by Gasteiger charge is -2.27. The minimum absolute atomic E-state index is 0.202. The number of allylic oxidation sites excluding steroid dienone is 2. The lowest BCUT2D eigenvalue weighted by atomic mass is 10.2. The fourth-order valence-corrected chi connectivity index (χ4v) is 8.82. The van der Waals surface area contributed by atoms with Gasteiger partial charge in [-0.3, -0.25) is 14.3 Å². The third-order valence-electron chi connectivity index (χ3n) is 8.91. The van der Waals surface area contributed by atoms with Gasteiger partial charge in [0, 0.05) is 34.7 Å². The average Bonchev–Trinajstić information content (AvgIpc) is 3.91. The SMILES string of the molecule is C=C/C=C(\SNC(=O)c1sc(C(=O)Nc2ccc(N(c3ccc(OC)cc3)c3ccc(OC)cc3)s2)c2c1OCCO2)N(c1ccc(OC)cc1)c1ccc(OC)cc1. The first-order chi connectivity index (χ1) is 28.8. The van der Waals surface area contributed by atoms with Crippen molar-refractivity contribution >= 4 is 79.2 Å². The van der Waals surface area contributed by atoms with Crippen molar-refractivity contribution in [1.29, 1.82) is 0 Å². The van der Waals surface area contributed by atoms with Crippen LogP contribution in [0.3, 0.4) is 0 Å². The van der Waals surface area contributed by atoms with Gasteiger partial charge in [0.25, 0.3) is 11.8 Å². The number of benzene rings is 4. The molecule has 0 saturated heterocycles. The van der Waals surface area contributed by atoms with Gasteiger partial charge in [-0.1, -0.05) is 12.7 Å². The van der Waals surface area contributed by atoms with E-state index >= 15 is 0 Å². The van der Waals surface area contributed by atoms with Crippen molar-refractivity contribution in [3.8, 4) is 34.5 Å². The third kappa shape index (κ3) is 9.12. The second-order valence-electron chi connectivity index (χ2n) is 12.4. The number of thiophene rings is 2. The van der Waals surface area contributed by atoms with Gasteiger partial charge >= 0.3 is 0 Å². The van der Waals surface area contributed by atoms with Crippen LogP contribution in [0.15, 0.2) is 133 Å². The predicted octanol–water partition coefficient (Wildman–Crippen LogP) is 10.6. The number of nitrogens with one attached hydrogen (secondary N) is 2. The third-order valence-corrected chi connectivity index (χ3v) is 11.9. The molecule has 0 atom stereocenters. The van der Waals surface area contributed by atoms with Gasteiger partial charge in [0.05, 0.1) is 33.4 Å². The van der Waals surface area contributed by atoms with Crippen molar-refractivity contribution in [2.75, 3.05) is 56.8 Å². The highest BCUT2D eigenvalue weighted by atomic mass is 32.2. The molecule has 12 nitrogen and oxygen atoms in total. The van der Waals surface area contributed by atoms with E-state index in [0.29, 0.717) is 21.5 Å². The van der Waals surface area contributed by atoms with Crippen LogP contribution in [0.5, 0.6) is 34.5 Å². The molecule has 0 spiro atoms. The van der Waals surface area contributed by atoms with Crippen LogP contribution >= 0.6 is 34.6 Å². The number of amides is 2. The Bertz CT molecular complexity index is 2340. The van der Waals surface area contributed by atoms with Crippen molar-refractivity contribution in [2.45, 2.75) is 0 Å². The van der Waals surface area contributed by atoms with Crippen LogP contribution in [0, 0.1) is 0 Å². The van der Waals surface area contributed by atoms with Gasteiger partial charge in [0.1, 0.15) is 56.0 Å². The Morgan fingerprint density at radius 3 is 1.51 bits per heavy atom. The van der Waals surface area contributed by atoms with E-state index in [9.17, 15) is 9.59 Å². The Balaban J connectivity index is 1.13. The summed E-state index contributed by atoms with van der Waals surface area (Å²) in [5.74, 6) is 2.41. The summed E-state index contributed by atoms with van der Waals surface area (Å²) in [6, 6.07) is 34.3. The summed E-state index contributed by atoms with van der Waals surface area (Å²) in [6.07, 6.45) is 3.44. The van der Waals surface area contributed by atoms with Crippen LogP contribution in [-0.4, -0.2) is 53.5 Å². The van der Waals surface area contributed by atoms with Gasteiger partial charge in [-0.05, 0) is 115 Å². The Morgan fingerprint density at radius 2 is 1.07 bits per heavy atom. The zero-order chi connectivity index (χ0) is 41.3. The highest BCUT2D eigenvalue weighted by molar-refractivity contribution is 8.01. The first-order valence-corrected chi connectivity index (χ1v) is 20.6. The second-order valence-corrected chi connectivity index (χ2v) is 15.4. The molecule has 0 unspecified atom stereocenters. The summed E-state index contributed by atoms with van der Waals surface area (Å²) in [5.41, 5.74) is 3.40. The Labute approximate surface area is 354 Å². The summed E-state index contributed by atoms with van der Waals surface area (Å²) < 4.78 is 36.4. The average molecular weight is 849 g/mol. The first kappa shape index (κ1) is 40.6. The molecule has 302 valence electrons. The first-order valence-electron chi connectivity index (χ1n) is 18.1. The summed E-state index contributed by atoms with van der Waals surface area (Å²) >= 11 is 3.48. The lowest BCUT2D eigenvalue weighted by molar-refractivity contribution is 0.0974. The molecule has 6 aromatic rings. The topological polar surface area (TPSA) is 120 Å². The molecule has 2 N–H and O–H groups in total.